The predicted octanol–water partition coefficient (Wildman–Crippen LogP) is 11.8. The first kappa shape index (κ1) is 14.4. The van der Waals surface area contributed by atoms with Crippen LogP contribution in [0.5, 0.6) is 0 Å². The first-order chi connectivity index (χ1) is 26.3. The van der Waals surface area contributed by atoms with Crippen LogP contribution in [0.25, 0.3) is 76.8 Å². The Labute approximate surface area is 264 Å². The van der Waals surface area contributed by atoms with Gasteiger partial charge in [0.15, 0.2) is 0 Å². The SMILES string of the molecule is [2H]c1c([2H])c([2H])c(-c2c3c([2H])c([2H])c([2H])c([2H])c3c(-c3ccc(-c4ccc(-c5ccccc5)cc4)c4ccccc34)c3c([2H])c([2H])c([2H])c([2H])c23)c([2H])c1[2H]. The average molecular weight is 546 g/mol. The van der Waals surface area contributed by atoms with Gasteiger partial charge in [-0.3, -0.25) is 0 Å². The Hall–Kier alpha value is -5.46. The van der Waals surface area contributed by atoms with Gasteiger partial charge in [-0.1, -0.05) is 170 Å². The minimum atomic E-state index is -0.707. The van der Waals surface area contributed by atoms with Crippen LogP contribution in [0.2, 0.25) is 0 Å². The van der Waals surface area contributed by atoms with Gasteiger partial charge in [0.05, 0.1) is 17.8 Å². The molecule has 0 heteroatoms. The van der Waals surface area contributed by atoms with Gasteiger partial charge in [0.25, 0.3) is 0 Å². The molecule has 0 atom stereocenters. The van der Waals surface area contributed by atoms with Crippen LogP contribution in [0.3, 0.4) is 0 Å². The van der Waals surface area contributed by atoms with Gasteiger partial charge in [-0.15, -0.1) is 0 Å². The van der Waals surface area contributed by atoms with E-state index in [1.165, 1.54) is 0 Å². The van der Waals surface area contributed by atoms with Gasteiger partial charge in [0.1, 0.15) is 0 Å². The summed E-state index contributed by atoms with van der Waals surface area (Å²) in [5.74, 6) is 0. The Bertz CT molecular complexity index is 2830. The molecule has 0 N–H and O–H groups in total. The summed E-state index contributed by atoms with van der Waals surface area (Å²) in [6.07, 6.45) is 0. The molecule has 0 saturated heterocycles. The number of benzene rings is 8. The van der Waals surface area contributed by atoms with Crippen molar-refractivity contribution in [2.24, 2.45) is 0 Å². The highest BCUT2D eigenvalue weighted by atomic mass is 14.2. The van der Waals surface area contributed by atoms with E-state index in [9.17, 15) is 5.48 Å². The van der Waals surface area contributed by atoms with Crippen molar-refractivity contribution in [3.8, 4) is 44.5 Å². The molecule has 0 fully saturated rings. The van der Waals surface area contributed by atoms with E-state index in [1.54, 1.807) is 6.07 Å². The molecule has 8 aromatic rings. The lowest BCUT2D eigenvalue weighted by molar-refractivity contribution is 1.60. The third kappa shape index (κ3) is 4.00. The van der Waals surface area contributed by atoms with Crippen LogP contribution in [0, 0.1) is 0 Å². The third-order valence-electron chi connectivity index (χ3n) is 7.62. The molecule has 0 radical (unpaired) electrons. The van der Waals surface area contributed by atoms with Crippen LogP contribution in [0.4, 0.5) is 0 Å². The van der Waals surface area contributed by atoms with E-state index in [-0.39, 0.29) is 32.7 Å². The fraction of sp³-hybridized carbons (Fsp3) is 0. The Morgan fingerprint density at radius 2 is 0.738 bits per heavy atom. The minimum absolute atomic E-state index is 0.0993. The Kier molecular flexibility index (Phi) is 3.50. The molecule has 8 rings (SSSR count). The van der Waals surface area contributed by atoms with Crippen molar-refractivity contribution in [2.45, 2.75) is 0 Å². The average Bonchev–Trinajstić information content (AvgIpc) is 3.21. The molecule has 0 aromatic heterocycles. The maximum absolute atomic E-state index is 9.29. The van der Waals surface area contributed by atoms with Crippen LogP contribution < -0.4 is 0 Å². The standard InChI is InChI=1S/C42H28/c1-3-13-29(14-4-1)30-23-25-31(26-24-30)33-27-28-40(35-18-8-7-17-34(33)35)42-38-21-11-9-19-36(38)41(32-15-5-2-6-16-32)37-20-10-12-22-39(37)42/h1-28H/i2D,5D,6D,9D,10D,11D,12D,15D,16D,19D,20D,21D,22D. The summed E-state index contributed by atoms with van der Waals surface area (Å²) < 4.78 is 115. The quantitative estimate of drug-likeness (QED) is 0.193. The lowest BCUT2D eigenvalue weighted by Crippen LogP contribution is -1.92. The van der Waals surface area contributed by atoms with Crippen LogP contribution in [0.1, 0.15) is 17.8 Å². The highest BCUT2D eigenvalue weighted by Gasteiger charge is 2.18. The normalized spacial score (nSPS) is 15.7. The number of rotatable bonds is 4. The molecule has 0 nitrogen and oxygen atoms in total. The van der Waals surface area contributed by atoms with Crippen LogP contribution in [-0.4, -0.2) is 0 Å². The molecule has 0 unspecified atom stereocenters. The second-order valence-electron chi connectivity index (χ2n) is 9.90. The second-order valence-corrected chi connectivity index (χ2v) is 9.90. The monoisotopic (exact) mass is 545 g/mol. The van der Waals surface area contributed by atoms with Gasteiger partial charge in [0, 0.05) is 0 Å². The van der Waals surface area contributed by atoms with E-state index in [0.717, 1.165) is 27.6 Å². The molecule has 8 aromatic carbocycles. The summed E-state index contributed by atoms with van der Waals surface area (Å²) in [6.45, 7) is 0. The highest BCUT2D eigenvalue weighted by molar-refractivity contribution is 6.24. The van der Waals surface area contributed by atoms with Crippen molar-refractivity contribution in [1.82, 2.24) is 0 Å². The van der Waals surface area contributed by atoms with E-state index >= 15 is 0 Å². The largest absolute Gasteiger partial charge is 0.0629 e. The fourth-order valence-electron chi connectivity index (χ4n) is 5.76. The van der Waals surface area contributed by atoms with Crippen LogP contribution in [0.15, 0.2) is 170 Å². The smallest absolute Gasteiger partial charge is 0.0622 e. The highest BCUT2D eigenvalue weighted by Crippen LogP contribution is 2.46. The Balaban J connectivity index is 1.57. The van der Waals surface area contributed by atoms with Gasteiger partial charge in [-0.2, -0.15) is 0 Å². The molecule has 42 heavy (non-hydrogen) atoms. The van der Waals surface area contributed by atoms with E-state index in [1.807, 2.05) is 84.9 Å². The summed E-state index contributed by atoms with van der Waals surface area (Å²) in [5, 5.41) is 0.699. The van der Waals surface area contributed by atoms with Gasteiger partial charge < -0.3 is 0 Å². The van der Waals surface area contributed by atoms with Crippen LogP contribution >= 0.6 is 0 Å². The van der Waals surface area contributed by atoms with E-state index in [2.05, 4.69) is 0 Å². The van der Waals surface area contributed by atoms with Crippen LogP contribution in [-0.2, 0) is 0 Å². The topological polar surface area (TPSA) is 0 Å². The van der Waals surface area contributed by atoms with Crippen molar-refractivity contribution in [1.29, 1.82) is 0 Å². The number of hydrogen-bond acceptors (Lipinski definition) is 0. The molecular formula is C42H28. The summed E-state index contributed by atoms with van der Waals surface area (Å²) in [6, 6.07) is 20.9. The Morgan fingerprint density at radius 3 is 1.36 bits per heavy atom. The van der Waals surface area contributed by atoms with E-state index in [4.69, 9.17) is 12.3 Å². The van der Waals surface area contributed by atoms with Crippen molar-refractivity contribution < 1.29 is 17.8 Å². The molecule has 0 amide bonds. The molecule has 0 spiro atoms. The van der Waals surface area contributed by atoms with Gasteiger partial charge >= 0.3 is 0 Å². The van der Waals surface area contributed by atoms with Crippen molar-refractivity contribution >= 4 is 32.3 Å². The Morgan fingerprint density at radius 1 is 0.286 bits per heavy atom. The summed E-state index contributed by atoms with van der Waals surface area (Å²) in [7, 11) is 0. The summed E-state index contributed by atoms with van der Waals surface area (Å²) >= 11 is 0. The molecule has 196 valence electrons. The first-order valence-electron chi connectivity index (χ1n) is 20.0. The van der Waals surface area contributed by atoms with Gasteiger partial charge in [-0.05, 0) is 76.8 Å². The maximum atomic E-state index is 9.29. The minimum Gasteiger partial charge on any atom is -0.0622 e. The lowest BCUT2D eigenvalue weighted by atomic mass is 9.84. The van der Waals surface area contributed by atoms with Crippen molar-refractivity contribution in [3.63, 3.8) is 0 Å². The van der Waals surface area contributed by atoms with Gasteiger partial charge in [0.2, 0.25) is 0 Å². The molecular weight excluding hydrogens is 504 g/mol. The van der Waals surface area contributed by atoms with Gasteiger partial charge in [-0.25, -0.2) is 0 Å². The van der Waals surface area contributed by atoms with E-state index in [0.29, 0.717) is 10.9 Å². The zero-order chi connectivity index (χ0) is 39.2. The molecule has 0 aliphatic carbocycles. The molecule has 0 heterocycles. The molecule has 0 aliphatic rings. The molecule has 0 saturated carbocycles. The number of fused-ring (bicyclic) bond motifs is 3. The summed E-state index contributed by atoms with van der Waals surface area (Å²) in [4.78, 5) is 0. The zero-order valence-corrected chi connectivity index (χ0v) is 22.2. The first-order valence-corrected chi connectivity index (χ1v) is 13.5. The maximum Gasteiger partial charge on any atom is 0.0629 e. The van der Waals surface area contributed by atoms with Crippen molar-refractivity contribution in [3.05, 3.63) is 170 Å². The zero-order valence-electron chi connectivity index (χ0n) is 35.2. The number of hydrogen-bond donors (Lipinski definition) is 0. The molecule has 0 bridgehead atoms. The fourth-order valence-corrected chi connectivity index (χ4v) is 5.76. The van der Waals surface area contributed by atoms with E-state index < -0.39 is 84.1 Å². The predicted molar refractivity (Wildman–Crippen MR) is 181 cm³/mol. The second kappa shape index (κ2) is 10.2. The lowest BCUT2D eigenvalue weighted by Gasteiger charge is -2.19. The molecule has 0 aliphatic heterocycles. The van der Waals surface area contributed by atoms with Crippen molar-refractivity contribution in [2.75, 3.05) is 0 Å². The summed E-state index contributed by atoms with van der Waals surface area (Å²) in [5.41, 5.74) is 3.62. The third-order valence-corrected chi connectivity index (χ3v) is 7.62.